The Morgan fingerprint density at radius 1 is 1.22 bits per heavy atom. The summed E-state index contributed by atoms with van der Waals surface area (Å²) in [5.74, 6) is 0. The molecule has 1 aliphatic rings. The summed E-state index contributed by atoms with van der Waals surface area (Å²) < 4.78 is 13.2. The lowest BCUT2D eigenvalue weighted by Gasteiger charge is -2.53. The predicted molar refractivity (Wildman–Crippen MR) is 98.4 cm³/mol. The number of piperidine rings is 1. The summed E-state index contributed by atoms with van der Waals surface area (Å²) >= 11 is 3.48. The molecule has 0 amide bonds. The minimum atomic E-state index is 0.0405. The van der Waals surface area contributed by atoms with Crippen molar-refractivity contribution in [3.05, 3.63) is 34.3 Å². The average Bonchev–Trinajstić information content (AvgIpc) is 2.45. The van der Waals surface area contributed by atoms with Gasteiger partial charge in [0.15, 0.2) is 0 Å². The van der Waals surface area contributed by atoms with Crippen LogP contribution in [-0.4, -0.2) is 36.4 Å². The van der Waals surface area contributed by atoms with E-state index in [1.54, 1.807) is 0 Å². The summed E-state index contributed by atoms with van der Waals surface area (Å²) in [6, 6.07) is 8.35. The van der Waals surface area contributed by atoms with E-state index in [1.165, 1.54) is 5.56 Å². The Bertz CT molecular complexity index is 507. The number of rotatable bonds is 4. The van der Waals surface area contributed by atoms with Gasteiger partial charge in [-0.05, 0) is 44.9 Å². The van der Waals surface area contributed by atoms with Crippen molar-refractivity contribution in [3.63, 3.8) is 0 Å². The Morgan fingerprint density at radius 2 is 1.83 bits per heavy atom. The number of ether oxygens (including phenoxy) is 2. The van der Waals surface area contributed by atoms with Gasteiger partial charge in [0.2, 0.25) is 0 Å². The molecule has 2 rings (SSSR count). The molecule has 0 bridgehead atoms. The number of hydrogen-bond donors (Lipinski definition) is 0. The van der Waals surface area contributed by atoms with Crippen LogP contribution in [0.4, 0.5) is 0 Å². The van der Waals surface area contributed by atoms with Crippen LogP contribution in [0.5, 0.6) is 0 Å². The fraction of sp³-hybridized carbons (Fsp3) is 0.684. The molecule has 1 aromatic carbocycles. The van der Waals surface area contributed by atoms with Crippen molar-refractivity contribution >= 4 is 15.9 Å². The van der Waals surface area contributed by atoms with Crippen LogP contribution in [0.1, 0.15) is 46.6 Å². The van der Waals surface area contributed by atoms with Gasteiger partial charge in [0.25, 0.3) is 0 Å². The van der Waals surface area contributed by atoms with Gasteiger partial charge in [-0.1, -0.05) is 41.9 Å². The van der Waals surface area contributed by atoms with Crippen molar-refractivity contribution in [2.45, 2.75) is 65.5 Å². The zero-order chi connectivity index (χ0) is 17.3. The quantitative estimate of drug-likeness (QED) is 0.742. The van der Waals surface area contributed by atoms with Crippen molar-refractivity contribution < 1.29 is 9.47 Å². The molecule has 130 valence electrons. The van der Waals surface area contributed by atoms with Gasteiger partial charge in [-0.15, -0.1) is 0 Å². The molecular formula is C19H30BrNO2. The molecule has 1 aromatic rings. The molecule has 0 N–H and O–H groups in total. The molecule has 2 atom stereocenters. The minimum Gasteiger partial charge on any atom is -0.380 e. The lowest BCUT2D eigenvalue weighted by Crippen LogP contribution is -2.62. The third-order valence-electron chi connectivity index (χ3n) is 4.62. The minimum absolute atomic E-state index is 0.0405. The van der Waals surface area contributed by atoms with Crippen molar-refractivity contribution in [1.29, 1.82) is 0 Å². The van der Waals surface area contributed by atoms with Crippen LogP contribution in [0.2, 0.25) is 0 Å². The zero-order valence-corrected chi connectivity index (χ0v) is 16.8. The molecule has 1 fully saturated rings. The van der Waals surface area contributed by atoms with Gasteiger partial charge in [0, 0.05) is 29.1 Å². The first kappa shape index (κ1) is 18.9. The second kappa shape index (κ2) is 7.22. The first-order valence-corrected chi connectivity index (χ1v) is 9.08. The summed E-state index contributed by atoms with van der Waals surface area (Å²) in [4.78, 5) is 2.45. The highest BCUT2D eigenvalue weighted by atomic mass is 79.9. The Hall–Kier alpha value is -0.420. The highest BCUT2D eigenvalue weighted by molar-refractivity contribution is 9.10. The predicted octanol–water partition coefficient (Wildman–Crippen LogP) is 4.84. The number of likely N-dealkylation sites (tertiary alicyclic amines) is 1. The summed E-state index contributed by atoms with van der Waals surface area (Å²) in [5, 5.41) is 0. The third kappa shape index (κ3) is 4.79. The first-order valence-electron chi connectivity index (χ1n) is 8.29. The molecule has 4 heteroatoms. The van der Waals surface area contributed by atoms with Gasteiger partial charge in [0.1, 0.15) is 6.23 Å². The number of benzene rings is 1. The van der Waals surface area contributed by atoms with Crippen LogP contribution in [0.3, 0.4) is 0 Å². The van der Waals surface area contributed by atoms with E-state index in [9.17, 15) is 0 Å². The molecule has 0 spiro atoms. The fourth-order valence-corrected chi connectivity index (χ4v) is 3.61. The van der Waals surface area contributed by atoms with Crippen LogP contribution in [0.15, 0.2) is 28.7 Å². The molecular weight excluding hydrogens is 354 g/mol. The third-order valence-corrected chi connectivity index (χ3v) is 5.15. The Morgan fingerprint density at radius 3 is 2.35 bits per heavy atom. The van der Waals surface area contributed by atoms with E-state index in [2.05, 4.69) is 79.7 Å². The molecule has 0 unspecified atom stereocenters. The van der Waals surface area contributed by atoms with E-state index in [4.69, 9.17) is 9.47 Å². The summed E-state index contributed by atoms with van der Waals surface area (Å²) in [7, 11) is 1.81. The topological polar surface area (TPSA) is 21.7 Å². The standard InChI is InChI=1S/C19H30BrNO2/c1-18(2,3)21-12-16(22-6)11-19(4,5)17(21)23-13-14-7-9-15(20)10-8-14/h7-10,16-17H,11-13H2,1-6H3/t16-,17-/m0/s1. The maximum absolute atomic E-state index is 6.41. The van der Waals surface area contributed by atoms with Gasteiger partial charge in [-0.3, -0.25) is 4.90 Å². The summed E-state index contributed by atoms with van der Waals surface area (Å²) in [5.41, 5.74) is 1.28. The Balaban J connectivity index is 2.16. The molecule has 1 heterocycles. The summed E-state index contributed by atoms with van der Waals surface area (Å²) in [6.07, 6.45) is 1.36. The first-order chi connectivity index (χ1) is 10.6. The number of halogens is 1. The van der Waals surface area contributed by atoms with Crippen LogP contribution >= 0.6 is 15.9 Å². The second-order valence-corrected chi connectivity index (χ2v) is 9.08. The molecule has 0 aromatic heterocycles. The molecule has 1 aliphatic heterocycles. The van der Waals surface area contributed by atoms with E-state index in [1.807, 2.05) is 7.11 Å². The molecule has 1 saturated heterocycles. The van der Waals surface area contributed by atoms with Gasteiger partial charge in [-0.25, -0.2) is 0 Å². The normalized spacial score (nSPS) is 25.5. The van der Waals surface area contributed by atoms with E-state index >= 15 is 0 Å². The number of methoxy groups -OCH3 is 1. The van der Waals surface area contributed by atoms with Crippen molar-refractivity contribution in [2.75, 3.05) is 13.7 Å². The van der Waals surface area contributed by atoms with Crippen LogP contribution in [-0.2, 0) is 16.1 Å². The maximum Gasteiger partial charge on any atom is 0.116 e. The smallest absolute Gasteiger partial charge is 0.116 e. The number of nitrogens with zero attached hydrogens (tertiary/aromatic N) is 1. The van der Waals surface area contributed by atoms with Crippen molar-refractivity contribution in [2.24, 2.45) is 5.41 Å². The summed E-state index contributed by atoms with van der Waals surface area (Å²) in [6.45, 7) is 12.8. The van der Waals surface area contributed by atoms with Gasteiger partial charge in [-0.2, -0.15) is 0 Å². The number of hydrogen-bond acceptors (Lipinski definition) is 3. The van der Waals surface area contributed by atoms with Gasteiger partial charge in [0.05, 0.1) is 12.7 Å². The average molecular weight is 384 g/mol. The van der Waals surface area contributed by atoms with E-state index in [0.29, 0.717) is 6.61 Å². The van der Waals surface area contributed by atoms with E-state index in [-0.39, 0.29) is 23.3 Å². The monoisotopic (exact) mass is 383 g/mol. The molecule has 0 radical (unpaired) electrons. The van der Waals surface area contributed by atoms with Crippen LogP contribution < -0.4 is 0 Å². The largest absolute Gasteiger partial charge is 0.380 e. The molecule has 0 saturated carbocycles. The Kier molecular flexibility index (Phi) is 5.94. The van der Waals surface area contributed by atoms with Crippen LogP contribution in [0.25, 0.3) is 0 Å². The van der Waals surface area contributed by atoms with Gasteiger partial charge < -0.3 is 9.47 Å². The highest BCUT2D eigenvalue weighted by Gasteiger charge is 2.46. The molecule has 0 aliphatic carbocycles. The van der Waals surface area contributed by atoms with Crippen molar-refractivity contribution in [1.82, 2.24) is 4.90 Å². The fourth-order valence-electron chi connectivity index (χ4n) is 3.34. The zero-order valence-electron chi connectivity index (χ0n) is 15.2. The maximum atomic E-state index is 6.41. The SMILES string of the molecule is CO[C@@H]1CN(C(C)(C)C)[C@@H](OCc2ccc(Br)cc2)C(C)(C)C1. The van der Waals surface area contributed by atoms with E-state index in [0.717, 1.165) is 17.4 Å². The van der Waals surface area contributed by atoms with Crippen LogP contribution in [0, 0.1) is 5.41 Å². The lowest BCUT2D eigenvalue weighted by molar-refractivity contribution is -0.206. The lowest BCUT2D eigenvalue weighted by atomic mass is 9.78. The molecule has 3 nitrogen and oxygen atoms in total. The molecule has 23 heavy (non-hydrogen) atoms. The van der Waals surface area contributed by atoms with E-state index < -0.39 is 0 Å². The van der Waals surface area contributed by atoms with Crippen molar-refractivity contribution in [3.8, 4) is 0 Å². The second-order valence-electron chi connectivity index (χ2n) is 8.16. The van der Waals surface area contributed by atoms with Gasteiger partial charge >= 0.3 is 0 Å². The Labute approximate surface area is 149 Å². The highest BCUT2D eigenvalue weighted by Crippen LogP contribution is 2.40.